The van der Waals surface area contributed by atoms with Crippen LogP contribution in [0.25, 0.3) is 5.78 Å². The van der Waals surface area contributed by atoms with Gasteiger partial charge in [0, 0.05) is 17.9 Å². The number of rotatable bonds is 5. The Kier molecular flexibility index (Phi) is 5.72. The molecule has 1 aliphatic heterocycles. The van der Waals surface area contributed by atoms with Gasteiger partial charge in [-0.25, -0.2) is 13.8 Å². The first-order valence-electron chi connectivity index (χ1n) is 10.0. The number of hydrogen-bond acceptors (Lipinski definition) is 5. The molecule has 1 aromatic carbocycles. The lowest BCUT2D eigenvalue weighted by atomic mass is 9.99. The number of hydrogen-bond donors (Lipinski definition) is 1. The molecular weight excluding hydrogens is 390 g/mol. The highest BCUT2D eigenvalue weighted by molar-refractivity contribution is 6.01. The van der Waals surface area contributed by atoms with Gasteiger partial charge in [0.2, 0.25) is 5.82 Å². The van der Waals surface area contributed by atoms with Gasteiger partial charge in [-0.2, -0.15) is 9.50 Å². The van der Waals surface area contributed by atoms with E-state index >= 15 is 0 Å². The second-order valence-electron chi connectivity index (χ2n) is 7.88. The van der Waals surface area contributed by atoms with E-state index in [1.165, 1.54) is 24.5 Å². The van der Waals surface area contributed by atoms with Crippen LogP contribution in [-0.4, -0.2) is 43.5 Å². The molecule has 3 aromatic rings. The lowest BCUT2D eigenvalue weighted by molar-refractivity contribution is 0.101. The number of alkyl halides is 2. The number of aryl methyl sites for hydroxylation is 1. The Balaban J connectivity index is 1.44. The van der Waals surface area contributed by atoms with Gasteiger partial charge in [-0.05, 0) is 62.5 Å². The molecule has 0 spiro atoms. The molecule has 0 aliphatic carbocycles. The Hall–Kier alpha value is -2.94. The van der Waals surface area contributed by atoms with Crippen LogP contribution in [0.1, 0.15) is 53.8 Å². The smallest absolute Gasteiger partial charge is 0.295 e. The van der Waals surface area contributed by atoms with Crippen molar-refractivity contribution in [3.05, 3.63) is 53.1 Å². The van der Waals surface area contributed by atoms with Crippen LogP contribution in [0.15, 0.2) is 30.3 Å². The molecule has 7 nitrogen and oxygen atoms in total. The number of aromatic nitrogens is 4. The predicted octanol–water partition coefficient (Wildman–Crippen LogP) is 3.85. The van der Waals surface area contributed by atoms with Gasteiger partial charge in [0.15, 0.2) is 0 Å². The van der Waals surface area contributed by atoms with E-state index < -0.39 is 12.3 Å². The Labute approximate surface area is 173 Å². The molecule has 0 bridgehead atoms. The van der Waals surface area contributed by atoms with E-state index in [4.69, 9.17) is 0 Å². The van der Waals surface area contributed by atoms with E-state index in [-0.39, 0.29) is 17.3 Å². The van der Waals surface area contributed by atoms with Crippen LogP contribution in [-0.2, 0) is 6.54 Å². The van der Waals surface area contributed by atoms with Crippen molar-refractivity contribution in [2.24, 2.45) is 5.92 Å². The van der Waals surface area contributed by atoms with Crippen molar-refractivity contribution >= 4 is 17.4 Å². The lowest BCUT2D eigenvalue weighted by Crippen LogP contribution is -2.32. The average Bonchev–Trinajstić information content (AvgIpc) is 3.14. The van der Waals surface area contributed by atoms with Crippen LogP contribution < -0.4 is 5.32 Å². The molecule has 0 saturated carbocycles. The van der Waals surface area contributed by atoms with E-state index in [1.54, 1.807) is 6.92 Å². The van der Waals surface area contributed by atoms with Crippen molar-refractivity contribution in [3.8, 4) is 0 Å². The summed E-state index contributed by atoms with van der Waals surface area (Å²) < 4.78 is 27.4. The third-order valence-electron chi connectivity index (χ3n) is 5.39. The Morgan fingerprint density at radius 2 is 1.90 bits per heavy atom. The van der Waals surface area contributed by atoms with Gasteiger partial charge >= 0.3 is 0 Å². The molecular formula is C21H24F2N6O. The number of carbonyl (C=O) groups excluding carboxylic acids is 1. The minimum Gasteiger partial charge on any atom is -0.319 e. The molecule has 1 amide bonds. The van der Waals surface area contributed by atoms with Crippen LogP contribution in [0.5, 0.6) is 0 Å². The predicted molar refractivity (Wildman–Crippen MR) is 109 cm³/mol. The third-order valence-corrected chi connectivity index (χ3v) is 5.39. The standard InChI is InChI=1S/C21H24F2N6O/c1-13-7-9-28(10-8-13)12-15-3-5-16(6-4-15)25-20(30)19-26-21-24-14(2)11-17(18(22)23)29(21)27-19/h3-6,11,13,18H,7-10,12H2,1-2H3,(H,25,30). The van der Waals surface area contributed by atoms with E-state index in [9.17, 15) is 13.6 Å². The number of fused-ring (bicyclic) bond motifs is 1. The van der Waals surface area contributed by atoms with E-state index in [0.717, 1.165) is 30.1 Å². The molecule has 1 N–H and O–H groups in total. The maximum atomic E-state index is 13.2. The molecule has 2 aromatic heterocycles. The number of anilines is 1. The van der Waals surface area contributed by atoms with Crippen LogP contribution in [0.2, 0.25) is 0 Å². The summed E-state index contributed by atoms with van der Waals surface area (Å²) in [6.45, 7) is 6.97. The molecule has 1 aliphatic rings. The number of amides is 1. The molecule has 0 atom stereocenters. The highest BCUT2D eigenvalue weighted by Gasteiger charge is 2.20. The third kappa shape index (κ3) is 4.46. The van der Waals surface area contributed by atoms with E-state index in [0.29, 0.717) is 11.4 Å². The van der Waals surface area contributed by atoms with Gasteiger partial charge in [-0.1, -0.05) is 19.1 Å². The van der Waals surface area contributed by atoms with Crippen LogP contribution in [0, 0.1) is 12.8 Å². The summed E-state index contributed by atoms with van der Waals surface area (Å²) in [5, 5.41) is 6.63. The molecule has 0 unspecified atom stereocenters. The summed E-state index contributed by atoms with van der Waals surface area (Å²) in [4.78, 5) is 23.0. The molecule has 3 heterocycles. The Bertz CT molecular complexity index is 1040. The maximum Gasteiger partial charge on any atom is 0.295 e. The van der Waals surface area contributed by atoms with Crippen LogP contribution >= 0.6 is 0 Å². The summed E-state index contributed by atoms with van der Waals surface area (Å²) in [6, 6.07) is 8.83. The highest BCUT2D eigenvalue weighted by Crippen LogP contribution is 2.21. The van der Waals surface area contributed by atoms with Gasteiger partial charge in [-0.15, -0.1) is 5.10 Å². The van der Waals surface area contributed by atoms with Gasteiger partial charge in [0.25, 0.3) is 18.1 Å². The molecule has 158 valence electrons. The van der Waals surface area contributed by atoms with Crippen molar-refractivity contribution < 1.29 is 13.6 Å². The van der Waals surface area contributed by atoms with Gasteiger partial charge < -0.3 is 5.32 Å². The monoisotopic (exact) mass is 414 g/mol. The number of nitrogens with one attached hydrogen (secondary N) is 1. The first-order valence-corrected chi connectivity index (χ1v) is 10.0. The summed E-state index contributed by atoms with van der Waals surface area (Å²) in [5.74, 6) is -0.0118. The zero-order chi connectivity index (χ0) is 21.3. The maximum absolute atomic E-state index is 13.2. The first-order chi connectivity index (χ1) is 14.4. The van der Waals surface area contributed by atoms with Crippen LogP contribution in [0.3, 0.4) is 0 Å². The lowest BCUT2D eigenvalue weighted by Gasteiger charge is -2.30. The van der Waals surface area contributed by atoms with Gasteiger partial charge in [0.1, 0.15) is 5.69 Å². The number of piperidine rings is 1. The number of nitrogens with zero attached hydrogens (tertiary/aromatic N) is 5. The quantitative estimate of drug-likeness (QED) is 0.686. The largest absolute Gasteiger partial charge is 0.319 e. The van der Waals surface area contributed by atoms with E-state index in [2.05, 4.69) is 32.2 Å². The molecule has 0 radical (unpaired) electrons. The first kappa shape index (κ1) is 20.3. The fraction of sp³-hybridized carbons (Fsp3) is 0.429. The summed E-state index contributed by atoms with van der Waals surface area (Å²) >= 11 is 0. The molecule has 9 heteroatoms. The second-order valence-corrected chi connectivity index (χ2v) is 7.88. The van der Waals surface area contributed by atoms with Crippen molar-refractivity contribution in [1.29, 1.82) is 0 Å². The zero-order valence-corrected chi connectivity index (χ0v) is 17.0. The van der Waals surface area contributed by atoms with Crippen LogP contribution in [0.4, 0.5) is 14.5 Å². The average molecular weight is 414 g/mol. The molecule has 1 fully saturated rings. The fourth-order valence-electron chi connectivity index (χ4n) is 3.63. The highest BCUT2D eigenvalue weighted by atomic mass is 19.3. The van der Waals surface area contributed by atoms with Crippen molar-refractivity contribution in [2.45, 2.75) is 39.7 Å². The molecule has 1 saturated heterocycles. The minimum absolute atomic E-state index is 0.0263. The minimum atomic E-state index is -2.75. The summed E-state index contributed by atoms with van der Waals surface area (Å²) in [5.41, 5.74) is 1.80. The van der Waals surface area contributed by atoms with Crippen molar-refractivity contribution in [2.75, 3.05) is 18.4 Å². The van der Waals surface area contributed by atoms with Crippen molar-refractivity contribution in [3.63, 3.8) is 0 Å². The SMILES string of the molecule is Cc1cc(C(F)F)n2nc(C(=O)Nc3ccc(CN4CCC(C)CC4)cc3)nc2n1. The number of carbonyl (C=O) groups is 1. The van der Waals surface area contributed by atoms with E-state index in [1.807, 2.05) is 24.3 Å². The second kappa shape index (κ2) is 8.43. The zero-order valence-electron chi connectivity index (χ0n) is 17.0. The van der Waals surface area contributed by atoms with Gasteiger partial charge in [-0.3, -0.25) is 9.69 Å². The van der Waals surface area contributed by atoms with Crippen molar-refractivity contribution in [1.82, 2.24) is 24.5 Å². The molecule has 4 rings (SSSR count). The summed E-state index contributed by atoms with van der Waals surface area (Å²) in [6.07, 6.45) is -0.300. The normalized spacial score (nSPS) is 15.8. The topological polar surface area (TPSA) is 75.4 Å². The fourth-order valence-corrected chi connectivity index (χ4v) is 3.63. The molecule has 30 heavy (non-hydrogen) atoms. The number of benzene rings is 1. The summed E-state index contributed by atoms with van der Waals surface area (Å²) in [7, 11) is 0. The Morgan fingerprint density at radius 3 is 2.57 bits per heavy atom. The number of likely N-dealkylation sites (tertiary alicyclic amines) is 1. The Morgan fingerprint density at radius 1 is 1.20 bits per heavy atom. The number of halogens is 2. The van der Waals surface area contributed by atoms with Gasteiger partial charge in [0.05, 0.1) is 0 Å².